The molecule has 4 heteroatoms. The van der Waals surface area contributed by atoms with Crippen LogP contribution in [0.3, 0.4) is 0 Å². The molecule has 0 unspecified atom stereocenters. The molecule has 0 saturated carbocycles. The highest BCUT2D eigenvalue weighted by Gasteiger charge is 2.04. The van der Waals surface area contributed by atoms with E-state index in [0.717, 1.165) is 12.1 Å². The Kier molecular flexibility index (Phi) is 3.10. The van der Waals surface area contributed by atoms with E-state index in [4.69, 9.17) is 4.74 Å². The average molecular weight is 218 g/mol. The maximum absolute atomic E-state index is 11.7. The van der Waals surface area contributed by atoms with Crippen LogP contribution in [0.4, 0.5) is 0 Å². The third kappa shape index (κ3) is 2.16. The van der Waals surface area contributed by atoms with Crippen molar-refractivity contribution in [2.24, 2.45) is 0 Å². The molecule has 1 aromatic heterocycles. The second kappa shape index (κ2) is 4.70. The Balaban J connectivity index is 2.29. The third-order valence-electron chi connectivity index (χ3n) is 2.17. The first kappa shape index (κ1) is 10.5. The van der Waals surface area contributed by atoms with Gasteiger partial charge in [-0.2, -0.15) is 0 Å². The van der Waals surface area contributed by atoms with Crippen LogP contribution in [0.2, 0.25) is 0 Å². The van der Waals surface area contributed by atoms with Crippen molar-refractivity contribution in [1.29, 1.82) is 0 Å². The van der Waals surface area contributed by atoms with Crippen LogP contribution in [0.25, 0.3) is 5.69 Å². The molecule has 0 atom stereocenters. The van der Waals surface area contributed by atoms with Crippen molar-refractivity contribution >= 4 is 0 Å². The summed E-state index contributed by atoms with van der Waals surface area (Å²) in [6.45, 7) is 2.63. The number of nitrogens with one attached hydrogen (secondary N) is 1. The van der Waals surface area contributed by atoms with Gasteiger partial charge in [-0.05, 0) is 18.6 Å². The molecular formula is C12H14N2O2. The lowest BCUT2D eigenvalue weighted by molar-refractivity contribution is 0.303. The predicted molar refractivity (Wildman–Crippen MR) is 62.2 cm³/mol. The van der Waals surface area contributed by atoms with Gasteiger partial charge in [0.15, 0.2) is 0 Å². The van der Waals surface area contributed by atoms with Crippen LogP contribution in [-0.2, 0) is 0 Å². The Morgan fingerprint density at radius 1 is 1.31 bits per heavy atom. The Labute approximate surface area is 93.5 Å². The molecule has 0 fully saturated rings. The van der Waals surface area contributed by atoms with Gasteiger partial charge < -0.3 is 4.74 Å². The largest absolute Gasteiger partial charge is 0.478 e. The highest BCUT2D eigenvalue weighted by molar-refractivity contribution is 5.31. The molecule has 1 aromatic carbocycles. The van der Waals surface area contributed by atoms with Gasteiger partial charge in [-0.3, -0.25) is 9.89 Å². The van der Waals surface area contributed by atoms with Crippen molar-refractivity contribution in [2.45, 2.75) is 13.3 Å². The lowest BCUT2D eigenvalue weighted by Crippen LogP contribution is -2.12. The fourth-order valence-corrected chi connectivity index (χ4v) is 1.43. The van der Waals surface area contributed by atoms with E-state index in [0.29, 0.717) is 12.5 Å². The molecule has 0 saturated heterocycles. The fourth-order valence-electron chi connectivity index (χ4n) is 1.43. The SMILES string of the molecule is CCCOc1cc(=O)n(-c2ccccc2)[nH]1. The molecule has 0 aliphatic carbocycles. The molecule has 0 aliphatic rings. The van der Waals surface area contributed by atoms with E-state index in [-0.39, 0.29) is 5.56 Å². The minimum absolute atomic E-state index is 0.114. The zero-order chi connectivity index (χ0) is 11.4. The van der Waals surface area contributed by atoms with Crippen molar-refractivity contribution in [3.8, 4) is 11.6 Å². The number of rotatable bonds is 4. The standard InChI is InChI=1S/C12H14N2O2/c1-2-8-16-11-9-12(15)14(13-11)10-6-4-3-5-7-10/h3-7,9,13H,2,8H2,1H3. The Morgan fingerprint density at radius 3 is 2.75 bits per heavy atom. The van der Waals surface area contributed by atoms with E-state index in [1.165, 1.54) is 10.7 Å². The van der Waals surface area contributed by atoms with E-state index >= 15 is 0 Å². The first-order valence-electron chi connectivity index (χ1n) is 5.31. The average Bonchev–Trinajstić information content (AvgIpc) is 2.69. The molecule has 0 spiro atoms. The van der Waals surface area contributed by atoms with Gasteiger partial charge in [0.2, 0.25) is 5.88 Å². The molecule has 4 nitrogen and oxygen atoms in total. The van der Waals surface area contributed by atoms with E-state index in [1.807, 2.05) is 37.3 Å². The van der Waals surface area contributed by atoms with Gasteiger partial charge in [-0.25, -0.2) is 4.68 Å². The number of nitrogens with zero attached hydrogens (tertiary/aromatic N) is 1. The third-order valence-corrected chi connectivity index (χ3v) is 2.17. The predicted octanol–water partition coefficient (Wildman–Crippen LogP) is 1.95. The van der Waals surface area contributed by atoms with Crippen LogP contribution in [0, 0.1) is 0 Å². The van der Waals surface area contributed by atoms with Crippen LogP contribution < -0.4 is 10.3 Å². The number of H-pyrrole nitrogens is 1. The van der Waals surface area contributed by atoms with E-state index in [2.05, 4.69) is 5.10 Å². The van der Waals surface area contributed by atoms with Crippen LogP contribution in [-0.4, -0.2) is 16.4 Å². The molecule has 0 amide bonds. The van der Waals surface area contributed by atoms with Gasteiger partial charge >= 0.3 is 0 Å². The maximum atomic E-state index is 11.7. The van der Waals surface area contributed by atoms with Crippen molar-refractivity contribution in [3.05, 3.63) is 46.8 Å². The second-order valence-corrected chi connectivity index (χ2v) is 3.48. The first-order chi connectivity index (χ1) is 7.81. The zero-order valence-electron chi connectivity index (χ0n) is 9.14. The van der Waals surface area contributed by atoms with Crippen molar-refractivity contribution in [3.63, 3.8) is 0 Å². The van der Waals surface area contributed by atoms with Crippen LogP contribution in [0.5, 0.6) is 5.88 Å². The van der Waals surface area contributed by atoms with E-state index < -0.39 is 0 Å². The molecule has 2 aromatic rings. The number of aromatic amines is 1. The molecule has 0 radical (unpaired) electrons. The molecule has 16 heavy (non-hydrogen) atoms. The normalized spacial score (nSPS) is 10.3. The number of benzene rings is 1. The van der Waals surface area contributed by atoms with Gasteiger partial charge in [0, 0.05) is 0 Å². The van der Waals surface area contributed by atoms with Crippen LogP contribution in [0.15, 0.2) is 41.2 Å². The van der Waals surface area contributed by atoms with E-state index in [1.54, 1.807) is 0 Å². The van der Waals surface area contributed by atoms with Gasteiger partial charge in [0.25, 0.3) is 5.56 Å². The molecular weight excluding hydrogens is 204 g/mol. The smallest absolute Gasteiger partial charge is 0.275 e. The van der Waals surface area contributed by atoms with Gasteiger partial charge in [-0.15, -0.1) is 0 Å². The maximum Gasteiger partial charge on any atom is 0.275 e. The Hall–Kier alpha value is -1.97. The molecule has 1 heterocycles. The van der Waals surface area contributed by atoms with Gasteiger partial charge in [0.1, 0.15) is 0 Å². The molecule has 0 aliphatic heterocycles. The number of hydrogen-bond donors (Lipinski definition) is 1. The van der Waals surface area contributed by atoms with Gasteiger partial charge in [0.05, 0.1) is 18.4 Å². The molecule has 2 rings (SSSR count). The number of hydrogen-bond acceptors (Lipinski definition) is 2. The minimum Gasteiger partial charge on any atom is -0.478 e. The number of para-hydroxylation sites is 1. The minimum atomic E-state index is -0.114. The topological polar surface area (TPSA) is 47.0 Å². The summed E-state index contributed by atoms with van der Waals surface area (Å²) in [6.07, 6.45) is 0.915. The summed E-state index contributed by atoms with van der Waals surface area (Å²) < 4.78 is 6.83. The van der Waals surface area contributed by atoms with E-state index in [9.17, 15) is 4.79 Å². The summed E-state index contributed by atoms with van der Waals surface area (Å²) in [5.74, 6) is 0.510. The van der Waals surface area contributed by atoms with Crippen molar-refractivity contribution in [2.75, 3.05) is 6.61 Å². The summed E-state index contributed by atoms with van der Waals surface area (Å²) in [6, 6.07) is 10.9. The first-order valence-corrected chi connectivity index (χ1v) is 5.31. The Bertz CT molecular complexity index is 499. The summed E-state index contributed by atoms with van der Waals surface area (Å²) in [5, 5.41) is 2.91. The number of ether oxygens (including phenoxy) is 1. The number of aromatic nitrogens is 2. The summed E-state index contributed by atoms with van der Waals surface area (Å²) in [7, 11) is 0. The second-order valence-electron chi connectivity index (χ2n) is 3.48. The van der Waals surface area contributed by atoms with Crippen molar-refractivity contribution < 1.29 is 4.74 Å². The monoisotopic (exact) mass is 218 g/mol. The lowest BCUT2D eigenvalue weighted by Gasteiger charge is -2.02. The molecule has 0 bridgehead atoms. The van der Waals surface area contributed by atoms with Crippen molar-refractivity contribution in [1.82, 2.24) is 9.78 Å². The Morgan fingerprint density at radius 2 is 2.06 bits per heavy atom. The highest BCUT2D eigenvalue weighted by Crippen LogP contribution is 2.07. The summed E-state index contributed by atoms with van der Waals surface area (Å²) in [5.41, 5.74) is 0.691. The molecule has 84 valence electrons. The van der Waals surface area contributed by atoms with Crippen LogP contribution >= 0.6 is 0 Å². The fraction of sp³-hybridized carbons (Fsp3) is 0.250. The zero-order valence-corrected chi connectivity index (χ0v) is 9.14. The van der Waals surface area contributed by atoms with Gasteiger partial charge in [-0.1, -0.05) is 25.1 Å². The summed E-state index contributed by atoms with van der Waals surface area (Å²) in [4.78, 5) is 11.7. The molecule has 1 N–H and O–H groups in total. The quantitative estimate of drug-likeness (QED) is 0.852. The van der Waals surface area contributed by atoms with Crippen LogP contribution in [0.1, 0.15) is 13.3 Å². The lowest BCUT2D eigenvalue weighted by atomic mass is 10.3. The highest BCUT2D eigenvalue weighted by atomic mass is 16.5. The summed E-state index contributed by atoms with van der Waals surface area (Å²) >= 11 is 0.